The first-order valence-corrected chi connectivity index (χ1v) is 6.93. The molecule has 0 saturated carbocycles. The molecular formula is C11H21BrN2O. The fourth-order valence-electron chi connectivity index (χ4n) is 2.04. The summed E-state index contributed by atoms with van der Waals surface area (Å²) in [6, 6.07) is 0. The Balaban J connectivity index is 2.17. The van der Waals surface area contributed by atoms with Crippen molar-refractivity contribution in [1.82, 2.24) is 10.2 Å². The Kier molecular flexibility index (Phi) is 6.25. The van der Waals surface area contributed by atoms with Crippen LogP contribution in [0, 0.1) is 5.92 Å². The highest BCUT2D eigenvalue weighted by Gasteiger charge is 2.18. The molecule has 1 amide bonds. The molecule has 0 aromatic carbocycles. The highest BCUT2D eigenvalue weighted by Crippen LogP contribution is 2.15. The zero-order valence-corrected chi connectivity index (χ0v) is 11.1. The SMILES string of the molecule is CCN1CCCC(CNC(=O)CCBr)C1. The first-order chi connectivity index (χ1) is 7.26. The maximum atomic E-state index is 11.3. The van der Waals surface area contributed by atoms with Gasteiger partial charge in [-0.25, -0.2) is 0 Å². The third-order valence-electron chi connectivity index (χ3n) is 2.96. The number of hydrogen-bond acceptors (Lipinski definition) is 2. The van der Waals surface area contributed by atoms with Crippen molar-refractivity contribution in [2.45, 2.75) is 26.2 Å². The molecular weight excluding hydrogens is 256 g/mol. The van der Waals surface area contributed by atoms with Crippen LogP contribution in [0.15, 0.2) is 0 Å². The van der Waals surface area contributed by atoms with Gasteiger partial charge in [0.2, 0.25) is 5.91 Å². The first kappa shape index (κ1) is 13.0. The van der Waals surface area contributed by atoms with Gasteiger partial charge in [-0.1, -0.05) is 22.9 Å². The molecule has 1 N–H and O–H groups in total. The summed E-state index contributed by atoms with van der Waals surface area (Å²) in [5.41, 5.74) is 0. The zero-order chi connectivity index (χ0) is 11.1. The van der Waals surface area contributed by atoms with E-state index in [-0.39, 0.29) is 5.91 Å². The second kappa shape index (κ2) is 7.23. The number of nitrogens with one attached hydrogen (secondary N) is 1. The monoisotopic (exact) mass is 276 g/mol. The summed E-state index contributed by atoms with van der Waals surface area (Å²) in [4.78, 5) is 13.7. The van der Waals surface area contributed by atoms with Crippen molar-refractivity contribution in [1.29, 1.82) is 0 Å². The number of carbonyl (C=O) groups excluding carboxylic acids is 1. The fourth-order valence-corrected chi connectivity index (χ4v) is 2.40. The van der Waals surface area contributed by atoms with E-state index in [0.29, 0.717) is 12.3 Å². The quantitative estimate of drug-likeness (QED) is 0.774. The van der Waals surface area contributed by atoms with Crippen molar-refractivity contribution >= 4 is 21.8 Å². The van der Waals surface area contributed by atoms with Gasteiger partial charge in [0.05, 0.1) is 0 Å². The number of carbonyl (C=O) groups is 1. The van der Waals surface area contributed by atoms with Gasteiger partial charge >= 0.3 is 0 Å². The number of alkyl halides is 1. The molecule has 3 nitrogen and oxygen atoms in total. The molecule has 1 aliphatic rings. The molecule has 1 heterocycles. The van der Waals surface area contributed by atoms with Gasteiger partial charge in [-0.05, 0) is 31.8 Å². The van der Waals surface area contributed by atoms with E-state index >= 15 is 0 Å². The molecule has 15 heavy (non-hydrogen) atoms. The van der Waals surface area contributed by atoms with Crippen molar-refractivity contribution in [3.8, 4) is 0 Å². The Bertz CT molecular complexity index is 199. The second-order valence-corrected chi connectivity index (χ2v) is 4.94. The highest BCUT2D eigenvalue weighted by atomic mass is 79.9. The second-order valence-electron chi connectivity index (χ2n) is 4.14. The Morgan fingerprint density at radius 1 is 1.60 bits per heavy atom. The van der Waals surface area contributed by atoms with Crippen LogP contribution in [0.5, 0.6) is 0 Å². The molecule has 0 spiro atoms. The lowest BCUT2D eigenvalue weighted by atomic mass is 9.98. The smallest absolute Gasteiger partial charge is 0.220 e. The van der Waals surface area contributed by atoms with Crippen LogP contribution < -0.4 is 5.32 Å². The van der Waals surface area contributed by atoms with Crippen molar-refractivity contribution in [2.24, 2.45) is 5.92 Å². The molecule has 0 aromatic heterocycles. The lowest BCUT2D eigenvalue weighted by molar-refractivity contribution is -0.120. The van der Waals surface area contributed by atoms with Gasteiger partial charge < -0.3 is 10.2 Å². The summed E-state index contributed by atoms with van der Waals surface area (Å²) in [6.07, 6.45) is 3.11. The summed E-state index contributed by atoms with van der Waals surface area (Å²) < 4.78 is 0. The first-order valence-electron chi connectivity index (χ1n) is 5.81. The van der Waals surface area contributed by atoms with Crippen LogP contribution in [0.2, 0.25) is 0 Å². The molecule has 1 fully saturated rings. The van der Waals surface area contributed by atoms with Gasteiger partial charge in [0.15, 0.2) is 0 Å². The lowest BCUT2D eigenvalue weighted by Crippen LogP contribution is -2.40. The summed E-state index contributed by atoms with van der Waals surface area (Å²) in [6.45, 7) is 6.55. The van der Waals surface area contributed by atoms with E-state index in [4.69, 9.17) is 0 Å². The third kappa shape index (κ3) is 4.98. The zero-order valence-electron chi connectivity index (χ0n) is 9.47. The Morgan fingerprint density at radius 3 is 3.07 bits per heavy atom. The van der Waals surface area contributed by atoms with E-state index in [0.717, 1.165) is 25.0 Å². The van der Waals surface area contributed by atoms with E-state index in [1.54, 1.807) is 0 Å². The van der Waals surface area contributed by atoms with Gasteiger partial charge in [0, 0.05) is 24.8 Å². The summed E-state index contributed by atoms with van der Waals surface area (Å²) >= 11 is 3.27. The van der Waals surface area contributed by atoms with Crippen molar-refractivity contribution in [3.63, 3.8) is 0 Å². The molecule has 1 unspecified atom stereocenters. The van der Waals surface area contributed by atoms with E-state index < -0.39 is 0 Å². The summed E-state index contributed by atoms with van der Waals surface area (Å²) in [7, 11) is 0. The lowest BCUT2D eigenvalue weighted by Gasteiger charge is -2.31. The van der Waals surface area contributed by atoms with Crippen LogP contribution in [-0.4, -0.2) is 42.3 Å². The Labute approximate surface area is 101 Å². The number of hydrogen-bond donors (Lipinski definition) is 1. The van der Waals surface area contributed by atoms with Gasteiger partial charge in [-0.2, -0.15) is 0 Å². The number of nitrogens with zero attached hydrogens (tertiary/aromatic N) is 1. The van der Waals surface area contributed by atoms with Crippen LogP contribution in [0.4, 0.5) is 0 Å². The van der Waals surface area contributed by atoms with Gasteiger partial charge in [-0.3, -0.25) is 4.79 Å². The highest BCUT2D eigenvalue weighted by molar-refractivity contribution is 9.09. The molecule has 88 valence electrons. The van der Waals surface area contributed by atoms with E-state index in [2.05, 4.69) is 33.1 Å². The van der Waals surface area contributed by atoms with Crippen molar-refractivity contribution in [2.75, 3.05) is 31.5 Å². The van der Waals surface area contributed by atoms with E-state index in [9.17, 15) is 4.79 Å². The number of likely N-dealkylation sites (tertiary alicyclic amines) is 1. The Morgan fingerprint density at radius 2 is 2.40 bits per heavy atom. The maximum Gasteiger partial charge on any atom is 0.220 e. The minimum atomic E-state index is 0.167. The molecule has 1 rings (SSSR count). The van der Waals surface area contributed by atoms with Crippen LogP contribution in [0.25, 0.3) is 0 Å². The van der Waals surface area contributed by atoms with Crippen LogP contribution >= 0.6 is 15.9 Å². The summed E-state index contributed by atoms with van der Waals surface area (Å²) in [5, 5.41) is 3.76. The number of rotatable bonds is 5. The molecule has 4 heteroatoms. The minimum Gasteiger partial charge on any atom is -0.356 e. The topological polar surface area (TPSA) is 32.3 Å². The number of halogens is 1. The van der Waals surface area contributed by atoms with Crippen LogP contribution in [0.1, 0.15) is 26.2 Å². The van der Waals surface area contributed by atoms with Gasteiger partial charge in [0.25, 0.3) is 0 Å². The Hall–Kier alpha value is -0.0900. The fraction of sp³-hybridized carbons (Fsp3) is 0.909. The third-order valence-corrected chi connectivity index (χ3v) is 3.36. The molecule has 0 aromatic rings. The largest absolute Gasteiger partial charge is 0.356 e. The molecule has 0 radical (unpaired) electrons. The number of piperidine rings is 1. The molecule has 1 atom stereocenters. The van der Waals surface area contributed by atoms with Crippen LogP contribution in [0.3, 0.4) is 0 Å². The van der Waals surface area contributed by atoms with Gasteiger partial charge in [0.1, 0.15) is 0 Å². The average Bonchev–Trinajstić information content (AvgIpc) is 2.27. The molecule has 0 aliphatic carbocycles. The molecule has 1 aliphatic heterocycles. The van der Waals surface area contributed by atoms with Crippen LogP contribution in [-0.2, 0) is 4.79 Å². The normalized spacial score (nSPS) is 22.7. The van der Waals surface area contributed by atoms with Gasteiger partial charge in [-0.15, -0.1) is 0 Å². The van der Waals surface area contributed by atoms with Crippen molar-refractivity contribution < 1.29 is 4.79 Å². The maximum absolute atomic E-state index is 11.3. The predicted molar refractivity (Wildman–Crippen MR) is 66.3 cm³/mol. The molecule has 0 bridgehead atoms. The summed E-state index contributed by atoms with van der Waals surface area (Å²) in [5.74, 6) is 0.818. The van der Waals surface area contributed by atoms with E-state index in [1.165, 1.54) is 19.4 Å². The van der Waals surface area contributed by atoms with E-state index in [1.807, 2.05) is 0 Å². The number of amides is 1. The van der Waals surface area contributed by atoms with Crippen molar-refractivity contribution in [3.05, 3.63) is 0 Å². The minimum absolute atomic E-state index is 0.167. The average molecular weight is 277 g/mol. The standard InChI is InChI=1S/C11H21BrN2O/c1-2-14-7-3-4-10(9-14)8-13-11(15)5-6-12/h10H,2-9H2,1H3,(H,13,15). The predicted octanol–water partition coefficient (Wildman–Crippen LogP) is 1.62. The molecule has 1 saturated heterocycles.